The van der Waals surface area contributed by atoms with Crippen molar-refractivity contribution in [3.05, 3.63) is 51.7 Å². The van der Waals surface area contributed by atoms with E-state index < -0.39 is 10.0 Å². The van der Waals surface area contributed by atoms with Gasteiger partial charge in [-0.05, 0) is 54.7 Å². The fraction of sp³-hybridized carbons (Fsp3) is 0.353. The van der Waals surface area contributed by atoms with Gasteiger partial charge in [0.25, 0.3) is 0 Å². The Labute approximate surface area is 163 Å². The Morgan fingerprint density at radius 2 is 2.04 bits per heavy atom. The minimum absolute atomic E-state index is 0.0167. The second kappa shape index (κ2) is 8.85. The van der Waals surface area contributed by atoms with E-state index in [0.29, 0.717) is 17.3 Å². The van der Waals surface area contributed by atoms with Crippen LogP contribution in [0.4, 0.5) is 5.69 Å². The molecule has 0 aliphatic heterocycles. The molecule has 1 aromatic carbocycles. The molecule has 1 unspecified atom stereocenters. The van der Waals surface area contributed by atoms with Crippen molar-refractivity contribution in [3.63, 3.8) is 0 Å². The molecule has 0 saturated carbocycles. The third-order valence-corrected chi connectivity index (χ3v) is 5.90. The number of thiophene rings is 1. The van der Waals surface area contributed by atoms with Crippen LogP contribution in [0.2, 0.25) is 5.02 Å². The van der Waals surface area contributed by atoms with E-state index >= 15 is 0 Å². The average molecular weight is 416 g/mol. The van der Waals surface area contributed by atoms with E-state index in [9.17, 15) is 13.2 Å². The Bertz CT molecular complexity index is 839. The van der Waals surface area contributed by atoms with Gasteiger partial charge < -0.3 is 10.2 Å². The van der Waals surface area contributed by atoms with Crippen LogP contribution >= 0.6 is 22.9 Å². The van der Waals surface area contributed by atoms with E-state index in [1.54, 1.807) is 29.5 Å². The second-order valence-corrected chi connectivity index (χ2v) is 9.21. The summed E-state index contributed by atoms with van der Waals surface area (Å²) in [4.78, 5) is 14.4. The topological polar surface area (TPSA) is 69.7 Å². The van der Waals surface area contributed by atoms with E-state index in [1.165, 1.54) is 6.07 Å². The molecule has 6 nitrogen and oxygen atoms in total. The highest BCUT2D eigenvalue weighted by atomic mass is 35.5. The molecule has 2 rings (SSSR count). The smallest absolute Gasteiger partial charge is 0.240 e. The van der Waals surface area contributed by atoms with Crippen LogP contribution in [-0.2, 0) is 14.8 Å². The van der Waals surface area contributed by atoms with Crippen LogP contribution in [0.15, 0.2) is 41.1 Å². The molecule has 0 spiro atoms. The molecule has 0 fully saturated rings. The minimum atomic E-state index is -3.62. The lowest BCUT2D eigenvalue weighted by Gasteiger charge is -2.25. The summed E-state index contributed by atoms with van der Waals surface area (Å²) in [6, 6.07) is 8.44. The number of carbonyl (C=O) groups is 1. The predicted molar refractivity (Wildman–Crippen MR) is 107 cm³/mol. The molecular weight excluding hydrogens is 394 g/mol. The summed E-state index contributed by atoms with van der Waals surface area (Å²) in [5, 5.41) is 7.25. The van der Waals surface area contributed by atoms with Crippen molar-refractivity contribution >= 4 is 44.6 Å². The van der Waals surface area contributed by atoms with Gasteiger partial charge in [-0.2, -0.15) is 11.3 Å². The number of amides is 1. The maximum Gasteiger partial charge on any atom is 0.240 e. The first kappa shape index (κ1) is 20.7. The van der Waals surface area contributed by atoms with Crippen LogP contribution in [0.1, 0.15) is 11.6 Å². The average Bonchev–Trinajstić information content (AvgIpc) is 3.05. The minimum Gasteiger partial charge on any atom is -0.353 e. The number of halogens is 1. The zero-order valence-electron chi connectivity index (χ0n) is 14.8. The molecule has 0 radical (unpaired) electrons. The van der Waals surface area contributed by atoms with Crippen molar-refractivity contribution in [1.29, 1.82) is 0 Å². The van der Waals surface area contributed by atoms with Crippen LogP contribution in [0.5, 0.6) is 0 Å². The maximum absolute atomic E-state index is 12.4. The molecule has 1 heterocycles. The molecule has 0 aliphatic carbocycles. The first-order valence-electron chi connectivity index (χ1n) is 7.87. The van der Waals surface area contributed by atoms with Crippen LogP contribution in [-0.4, -0.2) is 52.7 Å². The second-order valence-electron chi connectivity index (χ2n) is 6.09. The van der Waals surface area contributed by atoms with Crippen LogP contribution in [0.3, 0.4) is 0 Å². The van der Waals surface area contributed by atoms with Crippen molar-refractivity contribution in [2.75, 3.05) is 37.7 Å². The molecule has 9 heteroatoms. The number of rotatable bonds is 8. The monoisotopic (exact) mass is 415 g/mol. The number of sulfonamides is 1. The molecular formula is C17H22ClN3O3S2. The Hall–Kier alpha value is -1.61. The Morgan fingerprint density at radius 1 is 1.31 bits per heavy atom. The van der Waals surface area contributed by atoms with Crippen LogP contribution in [0.25, 0.3) is 0 Å². The molecule has 26 heavy (non-hydrogen) atoms. The van der Waals surface area contributed by atoms with Gasteiger partial charge in [0.1, 0.15) is 6.54 Å². The summed E-state index contributed by atoms with van der Waals surface area (Å²) in [5.74, 6) is -0.377. The Morgan fingerprint density at radius 3 is 2.58 bits per heavy atom. The third kappa shape index (κ3) is 5.70. The zero-order chi connectivity index (χ0) is 19.3. The summed E-state index contributed by atoms with van der Waals surface area (Å²) in [6.45, 7) is 0.0820. The van der Waals surface area contributed by atoms with Crippen molar-refractivity contribution in [2.24, 2.45) is 0 Å². The predicted octanol–water partition coefficient (Wildman–Crippen LogP) is 2.59. The van der Waals surface area contributed by atoms with Gasteiger partial charge in [0.2, 0.25) is 15.9 Å². The highest BCUT2D eigenvalue weighted by Crippen LogP contribution is 2.22. The third-order valence-electron chi connectivity index (χ3n) is 3.83. The standard InChI is InChI=1S/C17H22ClN3O3S2/c1-20(2)16(13-7-8-25-12-13)10-19-17(22)11-21(26(3,23)24)15-6-4-5-14(18)9-15/h4-9,12,16H,10-11H2,1-3H3,(H,19,22). The number of likely N-dealkylation sites (N-methyl/N-ethyl adjacent to an activating group) is 1. The normalized spacial score (nSPS) is 12.8. The van der Waals surface area contributed by atoms with Gasteiger partial charge in [-0.1, -0.05) is 17.7 Å². The van der Waals surface area contributed by atoms with E-state index in [4.69, 9.17) is 11.6 Å². The van der Waals surface area contributed by atoms with Gasteiger partial charge in [-0.3, -0.25) is 9.10 Å². The summed E-state index contributed by atoms with van der Waals surface area (Å²) >= 11 is 7.54. The number of hydrogen-bond acceptors (Lipinski definition) is 5. The van der Waals surface area contributed by atoms with Crippen LogP contribution < -0.4 is 9.62 Å². The molecule has 1 N–H and O–H groups in total. The lowest BCUT2D eigenvalue weighted by molar-refractivity contribution is -0.119. The highest BCUT2D eigenvalue weighted by Gasteiger charge is 2.22. The summed E-state index contributed by atoms with van der Waals surface area (Å²) in [7, 11) is 0.245. The van der Waals surface area contributed by atoms with E-state index in [2.05, 4.69) is 5.32 Å². The van der Waals surface area contributed by atoms with Gasteiger partial charge in [0.15, 0.2) is 0 Å². The summed E-state index contributed by atoms with van der Waals surface area (Å²) in [6.07, 6.45) is 1.06. The molecule has 0 saturated heterocycles. The number of benzene rings is 1. The number of carbonyl (C=O) groups excluding carboxylic acids is 1. The summed E-state index contributed by atoms with van der Waals surface area (Å²) < 4.78 is 25.3. The van der Waals surface area contributed by atoms with Crippen LogP contribution in [0, 0.1) is 0 Å². The van der Waals surface area contributed by atoms with Gasteiger partial charge in [0.05, 0.1) is 18.0 Å². The van der Waals surface area contributed by atoms with Gasteiger partial charge in [-0.25, -0.2) is 8.42 Å². The number of hydrogen-bond donors (Lipinski definition) is 1. The lowest BCUT2D eigenvalue weighted by atomic mass is 10.1. The number of nitrogens with zero attached hydrogens (tertiary/aromatic N) is 2. The van der Waals surface area contributed by atoms with Crippen molar-refractivity contribution in [2.45, 2.75) is 6.04 Å². The molecule has 1 atom stereocenters. The van der Waals surface area contributed by atoms with E-state index in [-0.39, 0.29) is 18.5 Å². The van der Waals surface area contributed by atoms with Gasteiger partial charge >= 0.3 is 0 Å². The molecule has 142 valence electrons. The Kier molecular flexibility index (Phi) is 7.05. The van der Waals surface area contributed by atoms with Crippen molar-refractivity contribution in [1.82, 2.24) is 10.2 Å². The first-order chi connectivity index (χ1) is 12.2. The summed E-state index contributed by atoms with van der Waals surface area (Å²) in [5.41, 5.74) is 1.47. The largest absolute Gasteiger partial charge is 0.353 e. The van der Waals surface area contributed by atoms with Gasteiger partial charge in [-0.15, -0.1) is 0 Å². The maximum atomic E-state index is 12.4. The zero-order valence-corrected chi connectivity index (χ0v) is 17.2. The number of nitrogens with one attached hydrogen (secondary N) is 1. The Balaban J connectivity index is 2.08. The highest BCUT2D eigenvalue weighted by molar-refractivity contribution is 7.92. The van der Waals surface area contributed by atoms with Gasteiger partial charge in [0, 0.05) is 11.6 Å². The first-order valence-corrected chi connectivity index (χ1v) is 11.0. The quantitative estimate of drug-likeness (QED) is 0.719. The molecule has 1 aromatic heterocycles. The lowest BCUT2D eigenvalue weighted by Crippen LogP contribution is -2.42. The molecule has 0 aliphatic rings. The SMILES string of the molecule is CN(C)C(CNC(=O)CN(c1cccc(Cl)c1)S(C)(=O)=O)c1ccsc1. The fourth-order valence-electron chi connectivity index (χ4n) is 2.49. The molecule has 2 aromatic rings. The van der Waals surface area contributed by atoms with Crippen molar-refractivity contribution in [3.8, 4) is 0 Å². The molecule has 1 amide bonds. The fourth-order valence-corrected chi connectivity index (χ4v) is 4.23. The van der Waals surface area contributed by atoms with Crippen molar-refractivity contribution < 1.29 is 13.2 Å². The number of anilines is 1. The molecule has 0 bridgehead atoms. The van der Waals surface area contributed by atoms with E-state index in [0.717, 1.165) is 16.1 Å². The van der Waals surface area contributed by atoms with E-state index in [1.807, 2.05) is 35.8 Å².